The van der Waals surface area contributed by atoms with E-state index < -0.39 is 9.05 Å². The van der Waals surface area contributed by atoms with Gasteiger partial charge in [-0.15, -0.1) is 0 Å². The molecule has 6 heteroatoms. The number of hydrogen-bond donors (Lipinski definition) is 0. The molecule has 0 aliphatic carbocycles. The second-order valence-electron chi connectivity index (χ2n) is 3.65. The summed E-state index contributed by atoms with van der Waals surface area (Å²) in [6.07, 6.45) is 1.28. The van der Waals surface area contributed by atoms with Gasteiger partial charge in [0.15, 0.2) is 5.03 Å². The van der Waals surface area contributed by atoms with E-state index in [1.54, 1.807) is 11.5 Å². The van der Waals surface area contributed by atoms with Crippen molar-refractivity contribution in [3.63, 3.8) is 0 Å². The van der Waals surface area contributed by atoms with E-state index in [2.05, 4.69) is 4.98 Å². The first kappa shape index (κ1) is 12.1. The predicted octanol–water partition coefficient (Wildman–Crippen LogP) is 2.17. The fraction of sp³-hybridized carbons (Fsp3) is 0.182. The molecule has 0 amide bonds. The second-order valence-corrected chi connectivity index (χ2v) is 6.17. The zero-order valence-electron chi connectivity index (χ0n) is 9.17. The monoisotopic (exact) mass is 270 g/mol. The second kappa shape index (κ2) is 4.50. The Kier molecular flexibility index (Phi) is 3.22. The summed E-state index contributed by atoms with van der Waals surface area (Å²) < 4.78 is 24.3. The number of benzene rings is 1. The van der Waals surface area contributed by atoms with Crippen LogP contribution in [0.3, 0.4) is 0 Å². The van der Waals surface area contributed by atoms with Crippen molar-refractivity contribution < 1.29 is 8.42 Å². The molecule has 17 heavy (non-hydrogen) atoms. The van der Waals surface area contributed by atoms with E-state index >= 15 is 0 Å². The summed E-state index contributed by atoms with van der Waals surface area (Å²) in [6.45, 7) is 2.18. The maximum atomic E-state index is 11.4. The van der Waals surface area contributed by atoms with Gasteiger partial charge in [-0.2, -0.15) is 0 Å². The van der Waals surface area contributed by atoms with Crippen molar-refractivity contribution in [2.45, 2.75) is 18.5 Å². The van der Waals surface area contributed by atoms with Crippen LogP contribution < -0.4 is 0 Å². The summed E-state index contributed by atoms with van der Waals surface area (Å²) in [5.74, 6) is 0.619. The lowest BCUT2D eigenvalue weighted by Crippen LogP contribution is -2.08. The summed E-state index contributed by atoms with van der Waals surface area (Å²) >= 11 is 0. The molecule has 0 aliphatic rings. The Morgan fingerprint density at radius 1 is 1.29 bits per heavy atom. The van der Waals surface area contributed by atoms with E-state index in [0.717, 1.165) is 5.56 Å². The molecule has 90 valence electrons. The first-order valence-electron chi connectivity index (χ1n) is 4.99. The van der Waals surface area contributed by atoms with Crippen molar-refractivity contribution in [3.8, 4) is 0 Å². The number of hydrogen-bond acceptors (Lipinski definition) is 3. The van der Waals surface area contributed by atoms with Gasteiger partial charge in [0.2, 0.25) is 0 Å². The van der Waals surface area contributed by atoms with Crippen molar-refractivity contribution in [2.24, 2.45) is 0 Å². The Labute approximate surface area is 104 Å². The van der Waals surface area contributed by atoms with Crippen molar-refractivity contribution in [3.05, 3.63) is 47.9 Å². The molecule has 1 heterocycles. The average molecular weight is 271 g/mol. The molecule has 2 rings (SSSR count). The Bertz CT molecular complexity index is 620. The molecule has 1 aromatic carbocycles. The van der Waals surface area contributed by atoms with Gasteiger partial charge in [0, 0.05) is 17.2 Å². The third-order valence-electron chi connectivity index (χ3n) is 2.45. The molecular formula is C11H11ClN2O2S. The molecule has 0 saturated heterocycles. The molecule has 0 radical (unpaired) electrons. The van der Waals surface area contributed by atoms with Crippen molar-refractivity contribution in [1.82, 2.24) is 9.55 Å². The van der Waals surface area contributed by atoms with Crippen LogP contribution in [0, 0.1) is 6.92 Å². The average Bonchev–Trinajstić information content (AvgIpc) is 2.62. The molecule has 0 spiro atoms. The first-order valence-corrected chi connectivity index (χ1v) is 7.30. The van der Waals surface area contributed by atoms with Crippen LogP contribution in [0.2, 0.25) is 0 Å². The van der Waals surface area contributed by atoms with Gasteiger partial charge in [-0.25, -0.2) is 13.4 Å². The highest BCUT2D eigenvalue weighted by atomic mass is 35.7. The lowest BCUT2D eigenvalue weighted by Gasteiger charge is -2.08. The smallest absolute Gasteiger partial charge is 0.278 e. The third kappa shape index (κ3) is 2.68. The fourth-order valence-electron chi connectivity index (χ4n) is 1.60. The Balaban J connectivity index is 2.43. The lowest BCUT2D eigenvalue weighted by atomic mass is 10.2. The van der Waals surface area contributed by atoms with E-state index in [9.17, 15) is 8.42 Å². The summed E-state index contributed by atoms with van der Waals surface area (Å²) in [4.78, 5) is 3.98. The van der Waals surface area contributed by atoms with Crippen LogP contribution in [0.15, 0.2) is 41.6 Å². The van der Waals surface area contributed by atoms with Gasteiger partial charge in [0.25, 0.3) is 9.05 Å². The summed E-state index contributed by atoms with van der Waals surface area (Å²) in [7, 11) is 1.59. The highest BCUT2D eigenvalue weighted by Gasteiger charge is 2.18. The Morgan fingerprint density at radius 3 is 2.53 bits per heavy atom. The topological polar surface area (TPSA) is 52.0 Å². The maximum absolute atomic E-state index is 11.4. The van der Waals surface area contributed by atoms with E-state index in [0.29, 0.717) is 12.4 Å². The Hall–Kier alpha value is -1.33. The van der Waals surface area contributed by atoms with Crippen molar-refractivity contribution in [1.29, 1.82) is 0 Å². The molecular weight excluding hydrogens is 260 g/mol. The van der Waals surface area contributed by atoms with Gasteiger partial charge >= 0.3 is 0 Å². The zero-order valence-corrected chi connectivity index (χ0v) is 10.7. The van der Waals surface area contributed by atoms with Gasteiger partial charge in [0.1, 0.15) is 5.82 Å². The van der Waals surface area contributed by atoms with Gasteiger partial charge in [-0.1, -0.05) is 30.3 Å². The Morgan fingerprint density at radius 2 is 1.94 bits per heavy atom. The van der Waals surface area contributed by atoms with E-state index in [-0.39, 0.29) is 5.03 Å². The summed E-state index contributed by atoms with van der Waals surface area (Å²) in [5.41, 5.74) is 0.996. The van der Waals surface area contributed by atoms with Crippen molar-refractivity contribution in [2.75, 3.05) is 0 Å². The quantitative estimate of drug-likeness (QED) is 0.803. The molecule has 0 bridgehead atoms. The van der Waals surface area contributed by atoms with E-state index in [4.69, 9.17) is 10.7 Å². The minimum atomic E-state index is -3.76. The molecule has 0 aliphatic heterocycles. The molecule has 0 N–H and O–H groups in total. The zero-order chi connectivity index (χ0) is 12.5. The molecule has 2 aromatic rings. The SMILES string of the molecule is Cc1ncc(S(=O)(=O)Cl)n1Cc1ccccc1. The van der Waals surface area contributed by atoms with Crippen LogP contribution in [-0.2, 0) is 15.6 Å². The predicted molar refractivity (Wildman–Crippen MR) is 65.5 cm³/mol. The number of aryl methyl sites for hydroxylation is 1. The molecule has 4 nitrogen and oxygen atoms in total. The van der Waals surface area contributed by atoms with Gasteiger partial charge < -0.3 is 4.57 Å². The maximum Gasteiger partial charge on any atom is 0.278 e. The molecule has 0 saturated carbocycles. The van der Waals surface area contributed by atoms with Crippen LogP contribution in [-0.4, -0.2) is 18.0 Å². The summed E-state index contributed by atoms with van der Waals surface area (Å²) in [6, 6.07) is 9.55. The highest BCUT2D eigenvalue weighted by molar-refractivity contribution is 8.13. The number of rotatable bonds is 3. The minimum Gasteiger partial charge on any atom is -0.314 e. The minimum absolute atomic E-state index is 0.0283. The van der Waals surface area contributed by atoms with Crippen LogP contribution in [0.1, 0.15) is 11.4 Å². The molecule has 0 atom stereocenters. The van der Waals surface area contributed by atoms with Gasteiger partial charge in [0.05, 0.1) is 6.20 Å². The number of halogens is 1. The van der Waals surface area contributed by atoms with Crippen LogP contribution in [0.25, 0.3) is 0 Å². The normalized spacial score (nSPS) is 11.6. The number of imidazole rings is 1. The highest BCUT2D eigenvalue weighted by Crippen LogP contribution is 2.18. The van der Waals surface area contributed by atoms with Gasteiger partial charge in [-0.05, 0) is 12.5 Å². The van der Waals surface area contributed by atoms with Crippen molar-refractivity contribution >= 4 is 19.7 Å². The first-order chi connectivity index (χ1) is 7.98. The number of nitrogens with zero attached hydrogens (tertiary/aromatic N) is 2. The fourth-order valence-corrected chi connectivity index (χ4v) is 2.61. The van der Waals surface area contributed by atoms with Crippen LogP contribution in [0.4, 0.5) is 0 Å². The largest absolute Gasteiger partial charge is 0.314 e. The lowest BCUT2D eigenvalue weighted by molar-refractivity contribution is 0.592. The van der Waals surface area contributed by atoms with E-state index in [1.807, 2.05) is 30.3 Å². The molecule has 0 fully saturated rings. The molecule has 1 aromatic heterocycles. The molecule has 0 unspecified atom stereocenters. The van der Waals surface area contributed by atoms with Crippen LogP contribution >= 0.6 is 10.7 Å². The third-order valence-corrected chi connectivity index (χ3v) is 3.75. The van der Waals surface area contributed by atoms with Gasteiger partial charge in [-0.3, -0.25) is 0 Å². The van der Waals surface area contributed by atoms with Crippen LogP contribution in [0.5, 0.6) is 0 Å². The van der Waals surface area contributed by atoms with E-state index in [1.165, 1.54) is 6.20 Å². The summed E-state index contributed by atoms with van der Waals surface area (Å²) in [5, 5.41) is 0.0283. The standard InChI is InChI=1S/C11H11ClN2O2S/c1-9-13-7-11(17(12,15)16)14(9)8-10-5-3-2-4-6-10/h2-7H,8H2,1H3. The number of aromatic nitrogens is 2.